The molecular weight excluding hydrogens is 248 g/mol. The lowest BCUT2D eigenvalue weighted by Crippen LogP contribution is -2.31. The summed E-state index contributed by atoms with van der Waals surface area (Å²) in [5.41, 5.74) is 1.25. The van der Waals surface area contributed by atoms with Crippen molar-refractivity contribution in [3.8, 4) is 5.75 Å². The highest BCUT2D eigenvalue weighted by Crippen LogP contribution is 2.13. The van der Waals surface area contributed by atoms with Crippen LogP contribution in [0, 0.1) is 6.92 Å². The Morgan fingerprint density at radius 2 is 2.28 bits per heavy atom. The van der Waals surface area contributed by atoms with E-state index in [1.807, 2.05) is 19.2 Å². The molecule has 1 aromatic rings. The van der Waals surface area contributed by atoms with E-state index in [0.29, 0.717) is 6.04 Å². The molecule has 18 heavy (non-hydrogen) atoms. The van der Waals surface area contributed by atoms with Crippen LogP contribution in [0.25, 0.3) is 0 Å². The summed E-state index contributed by atoms with van der Waals surface area (Å²) in [7, 11) is 2.04. The van der Waals surface area contributed by atoms with Crippen LogP contribution in [0.4, 0.5) is 0 Å². The van der Waals surface area contributed by atoms with Crippen LogP contribution < -0.4 is 10.1 Å². The van der Waals surface area contributed by atoms with E-state index in [-0.39, 0.29) is 12.4 Å². The van der Waals surface area contributed by atoms with Gasteiger partial charge >= 0.3 is 0 Å². The van der Waals surface area contributed by atoms with Gasteiger partial charge in [0.15, 0.2) is 0 Å². The lowest BCUT2D eigenvalue weighted by molar-refractivity contribution is 0.235. The molecule has 1 aromatic carbocycles. The van der Waals surface area contributed by atoms with Crippen molar-refractivity contribution < 1.29 is 4.74 Å². The Morgan fingerprint density at radius 1 is 1.44 bits per heavy atom. The minimum absolute atomic E-state index is 0. The Hall–Kier alpha value is -0.770. The van der Waals surface area contributed by atoms with E-state index in [4.69, 9.17) is 4.74 Å². The molecule has 1 fully saturated rings. The average Bonchev–Trinajstić information content (AvgIpc) is 2.77. The van der Waals surface area contributed by atoms with E-state index in [9.17, 15) is 0 Å². The molecule has 0 bridgehead atoms. The topological polar surface area (TPSA) is 24.5 Å². The number of rotatable bonds is 5. The average molecular weight is 271 g/mol. The van der Waals surface area contributed by atoms with Gasteiger partial charge < -0.3 is 10.1 Å². The number of benzene rings is 1. The van der Waals surface area contributed by atoms with Crippen LogP contribution in [0.5, 0.6) is 5.75 Å². The van der Waals surface area contributed by atoms with Crippen LogP contribution in [0.3, 0.4) is 0 Å². The van der Waals surface area contributed by atoms with E-state index >= 15 is 0 Å². The lowest BCUT2D eigenvalue weighted by Gasteiger charge is -2.16. The molecule has 0 aliphatic carbocycles. The molecule has 1 heterocycles. The van der Waals surface area contributed by atoms with Gasteiger partial charge in [0.2, 0.25) is 0 Å². The van der Waals surface area contributed by atoms with E-state index in [2.05, 4.69) is 29.3 Å². The number of nitrogens with zero attached hydrogens (tertiary/aromatic N) is 1. The van der Waals surface area contributed by atoms with E-state index < -0.39 is 0 Å². The molecule has 1 unspecified atom stereocenters. The van der Waals surface area contributed by atoms with Gasteiger partial charge in [0.25, 0.3) is 0 Å². The maximum absolute atomic E-state index is 5.76. The predicted molar refractivity (Wildman–Crippen MR) is 77.8 cm³/mol. The van der Waals surface area contributed by atoms with Gasteiger partial charge in [-0.2, -0.15) is 0 Å². The summed E-state index contributed by atoms with van der Waals surface area (Å²) in [5.74, 6) is 0.981. The van der Waals surface area contributed by atoms with Crippen molar-refractivity contribution in [1.29, 1.82) is 0 Å². The summed E-state index contributed by atoms with van der Waals surface area (Å²) in [5, 5.41) is 3.33. The fourth-order valence-electron chi connectivity index (χ4n) is 2.27. The lowest BCUT2D eigenvalue weighted by atomic mass is 10.2. The first-order valence-electron chi connectivity index (χ1n) is 6.37. The first-order valence-corrected chi connectivity index (χ1v) is 6.37. The molecule has 4 heteroatoms. The third-order valence-corrected chi connectivity index (χ3v) is 3.35. The number of likely N-dealkylation sites (N-methyl/N-ethyl adjacent to an activating group) is 1. The minimum atomic E-state index is 0. The molecule has 0 spiro atoms. The number of nitrogens with one attached hydrogen (secondary N) is 1. The third kappa shape index (κ3) is 4.48. The van der Waals surface area contributed by atoms with Crippen molar-refractivity contribution in [1.82, 2.24) is 10.2 Å². The van der Waals surface area contributed by atoms with Gasteiger partial charge in [-0.05, 0) is 44.6 Å². The van der Waals surface area contributed by atoms with Crippen LogP contribution in [0.2, 0.25) is 0 Å². The van der Waals surface area contributed by atoms with Crippen molar-refractivity contribution >= 4 is 12.4 Å². The minimum Gasteiger partial charge on any atom is -0.492 e. The fourth-order valence-corrected chi connectivity index (χ4v) is 2.27. The van der Waals surface area contributed by atoms with Gasteiger partial charge in [0.05, 0.1) is 0 Å². The SMILES string of the molecule is CNC1CCN(CCOc2cccc(C)c2)C1.Cl. The highest BCUT2D eigenvalue weighted by atomic mass is 35.5. The largest absolute Gasteiger partial charge is 0.492 e. The van der Waals surface area contributed by atoms with Gasteiger partial charge in [-0.1, -0.05) is 12.1 Å². The number of ether oxygens (including phenoxy) is 1. The number of hydrogen-bond donors (Lipinski definition) is 1. The maximum Gasteiger partial charge on any atom is 0.119 e. The van der Waals surface area contributed by atoms with Crippen molar-refractivity contribution in [3.05, 3.63) is 29.8 Å². The van der Waals surface area contributed by atoms with Crippen molar-refractivity contribution in [2.75, 3.05) is 33.3 Å². The van der Waals surface area contributed by atoms with Crippen molar-refractivity contribution in [2.45, 2.75) is 19.4 Å². The summed E-state index contributed by atoms with van der Waals surface area (Å²) in [4.78, 5) is 2.46. The fraction of sp³-hybridized carbons (Fsp3) is 0.571. The predicted octanol–water partition coefficient (Wildman–Crippen LogP) is 2.09. The second-order valence-electron chi connectivity index (χ2n) is 4.74. The molecule has 0 aromatic heterocycles. The molecule has 1 N–H and O–H groups in total. The van der Waals surface area contributed by atoms with Crippen LogP contribution in [-0.4, -0.2) is 44.2 Å². The zero-order chi connectivity index (χ0) is 12.1. The van der Waals surface area contributed by atoms with Crippen LogP contribution in [-0.2, 0) is 0 Å². The first kappa shape index (κ1) is 15.3. The van der Waals surface area contributed by atoms with E-state index in [0.717, 1.165) is 25.4 Å². The summed E-state index contributed by atoms with van der Waals surface area (Å²) in [6.07, 6.45) is 1.25. The number of aryl methyl sites for hydroxylation is 1. The summed E-state index contributed by atoms with van der Waals surface area (Å²) >= 11 is 0. The molecule has 2 rings (SSSR count). The maximum atomic E-state index is 5.76. The van der Waals surface area contributed by atoms with Crippen LogP contribution >= 0.6 is 12.4 Å². The highest BCUT2D eigenvalue weighted by molar-refractivity contribution is 5.85. The molecule has 0 amide bonds. The van der Waals surface area contributed by atoms with E-state index in [1.54, 1.807) is 0 Å². The number of hydrogen-bond acceptors (Lipinski definition) is 3. The Labute approximate surface area is 116 Å². The molecule has 1 aliphatic heterocycles. The molecule has 1 aliphatic rings. The second kappa shape index (κ2) is 7.62. The van der Waals surface area contributed by atoms with Crippen LogP contribution in [0.15, 0.2) is 24.3 Å². The van der Waals surface area contributed by atoms with Crippen LogP contribution in [0.1, 0.15) is 12.0 Å². The Morgan fingerprint density at radius 3 is 2.94 bits per heavy atom. The van der Waals surface area contributed by atoms with Gasteiger partial charge in [-0.25, -0.2) is 0 Å². The molecule has 1 saturated heterocycles. The molecule has 0 saturated carbocycles. The quantitative estimate of drug-likeness (QED) is 0.887. The number of halogens is 1. The Balaban J connectivity index is 0.00000162. The van der Waals surface area contributed by atoms with Gasteiger partial charge in [0, 0.05) is 19.1 Å². The van der Waals surface area contributed by atoms with E-state index in [1.165, 1.54) is 18.5 Å². The summed E-state index contributed by atoms with van der Waals surface area (Å²) in [6, 6.07) is 8.89. The van der Waals surface area contributed by atoms with Gasteiger partial charge in [-0.15, -0.1) is 12.4 Å². The number of likely N-dealkylation sites (tertiary alicyclic amines) is 1. The molecule has 3 nitrogen and oxygen atoms in total. The van der Waals surface area contributed by atoms with Crippen molar-refractivity contribution in [2.24, 2.45) is 0 Å². The molecule has 1 atom stereocenters. The second-order valence-corrected chi connectivity index (χ2v) is 4.74. The molecular formula is C14H23ClN2O. The monoisotopic (exact) mass is 270 g/mol. The van der Waals surface area contributed by atoms with Gasteiger partial charge in [-0.3, -0.25) is 4.90 Å². The highest BCUT2D eigenvalue weighted by Gasteiger charge is 2.20. The summed E-state index contributed by atoms with van der Waals surface area (Å²) in [6.45, 7) is 6.22. The third-order valence-electron chi connectivity index (χ3n) is 3.35. The van der Waals surface area contributed by atoms with Gasteiger partial charge in [0.1, 0.15) is 12.4 Å². The Bertz CT molecular complexity index is 359. The zero-order valence-corrected chi connectivity index (χ0v) is 12.0. The normalized spacial score (nSPS) is 19.6. The van der Waals surface area contributed by atoms with Crippen molar-refractivity contribution in [3.63, 3.8) is 0 Å². The summed E-state index contributed by atoms with van der Waals surface area (Å²) < 4.78 is 5.76. The smallest absolute Gasteiger partial charge is 0.119 e. The Kier molecular flexibility index (Phi) is 6.47. The zero-order valence-electron chi connectivity index (χ0n) is 11.2. The first-order chi connectivity index (χ1) is 8.28. The standard InChI is InChI=1S/C14H22N2O.ClH/c1-12-4-3-5-14(10-12)17-9-8-16-7-6-13(11-16)15-2;/h3-5,10,13,15H,6-9,11H2,1-2H3;1H. The molecule has 0 radical (unpaired) electrons. The molecule has 102 valence electrons.